The molecule has 3 aromatic heterocycles. The molecule has 0 amide bonds. The number of hydrogen-bond donors (Lipinski definition) is 0. The summed E-state index contributed by atoms with van der Waals surface area (Å²) < 4.78 is 11.7. The van der Waals surface area contributed by atoms with E-state index in [2.05, 4.69) is 62.2 Å². The van der Waals surface area contributed by atoms with Crippen LogP contribution in [0.15, 0.2) is 76.0 Å². The smallest absolute Gasteiger partial charge is 0.230 e. The molecule has 0 spiro atoms. The number of aromatic nitrogens is 2. The first-order valence-electron chi connectivity index (χ1n) is 10.1. The molecule has 3 aromatic carbocycles. The average molecular weight is 392 g/mol. The second-order valence-electron chi connectivity index (χ2n) is 8.81. The van der Waals surface area contributed by atoms with Gasteiger partial charge in [0.05, 0.1) is 17.3 Å². The first kappa shape index (κ1) is 17.2. The van der Waals surface area contributed by atoms with E-state index in [1.807, 2.05) is 18.2 Å². The highest BCUT2D eigenvalue weighted by molar-refractivity contribution is 6.13. The van der Waals surface area contributed by atoms with Gasteiger partial charge >= 0.3 is 0 Å². The quantitative estimate of drug-likeness (QED) is 0.296. The SMILES string of the molecule is CC(C)(C)c1cc(-c2ncnc3oc4cc5ccoc5cc4c23)cc2ccccc12. The van der Waals surface area contributed by atoms with E-state index in [0.29, 0.717) is 5.71 Å². The zero-order valence-electron chi connectivity index (χ0n) is 17.1. The fraction of sp³-hybridized carbons (Fsp3) is 0.154. The molecule has 4 nitrogen and oxygen atoms in total. The maximum absolute atomic E-state index is 6.08. The number of fused-ring (bicyclic) bond motifs is 5. The highest BCUT2D eigenvalue weighted by atomic mass is 16.3. The molecule has 3 heterocycles. The van der Waals surface area contributed by atoms with E-state index in [1.54, 1.807) is 12.6 Å². The van der Waals surface area contributed by atoms with Crippen molar-refractivity contribution in [1.29, 1.82) is 0 Å². The summed E-state index contributed by atoms with van der Waals surface area (Å²) >= 11 is 0. The third-order valence-electron chi connectivity index (χ3n) is 5.79. The van der Waals surface area contributed by atoms with E-state index in [9.17, 15) is 0 Å². The molecule has 0 fully saturated rings. The normalized spacial score (nSPS) is 12.5. The van der Waals surface area contributed by atoms with Crippen molar-refractivity contribution in [2.75, 3.05) is 0 Å². The highest BCUT2D eigenvalue weighted by Gasteiger charge is 2.21. The van der Waals surface area contributed by atoms with Gasteiger partial charge in [-0.2, -0.15) is 0 Å². The molecule has 0 aliphatic rings. The second kappa shape index (κ2) is 5.92. The van der Waals surface area contributed by atoms with Crippen LogP contribution in [0.25, 0.3) is 55.1 Å². The lowest BCUT2D eigenvalue weighted by atomic mass is 9.82. The van der Waals surface area contributed by atoms with Gasteiger partial charge in [0.25, 0.3) is 0 Å². The summed E-state index contributed by atoms with van der Waals surface area (Å²) in [5.41, 5.74) is 5.44. The van der Waals surface area contributed by atoms with E-state index in [1.165, 1.54) is 16.3 Å². The summed E-state index contributed by atoms with van der Waals surface area (Å²) in [5.74, 6) is 0. The molecule has 0 unspecified atom stereocenters. The third-order valence-corrected chi connectivity index (χ3v) is 5.79. The van der Waals surface area contributed by atoms with E-state index in [0.717, 1.165) is 38.6 Å². The van der Waals surface area contributed by atoms with Crippen LogP contribution in [0, 0.1) is 0 Å². The summed E-state index contributed by atoms with van der Waals surface area (Å²) in [6.07, 6.45) is 3.28. The molecule has 30 heavy (non-hydrogen) atoms. The molecule has 0 bridgehead atoms. The Morgan fingerprint density at radius 2 is 1.67 bits per heavy atom. The zero-order valence-corrected chi connectivity index (χ0v) is 17.1. The zero-order chi connectivity index (χ0) is 20.5. The average Bonchev–Trinajstić information content (AvgIpc) is 3.33. The van der Waals surface area contributed by atoms with Crippen LogP contribution in [0.2, 0.25) is 0 Å². The molecule has 0 N–H and O–H groups in total. The first-order chi connectivity index (χ1) is 14.5. The summed E-state index contributed by atoms with van der Waals surface area (Å²) in [6, 6.07) is 18.9. The van der Waals surface area contributed by atoms with Crippen molar-refractivity contribution in [2.24, 2.45) is 0 Å². The van der Waals surface area contributed by atoms with Crippen molar-refractivity contribution >= 4 is 43.8 Å². The van der Waals surface area contributed by atoms with Crippen molar-refractivity contribution in [3.05, 3.63) is 72.8 Å². The largest absolute Gasteiger partial charge is 0.464 e. The summed E-state index contributed by atoms with van der Waals surface area (Å²) in [4.78, 5) is 9.10. The molecular weight excluding hydrogens is 372 g/mol. The van der Waals surface area contributed by atoms with Gasteiger partial charge < -0.3 is 8.83 Å². The summed E-state index contributed by atoms with van der Waals surface area (Å²) in [5, 5.41) is 5.37. The van der Waals surface area contributed by atoms with Crippen molar-refractivity contribution in [3.8, 4) is 11.3 Å². The van der Waals surface area contributed by atoms with Crippen LogP contribution in [0.3, 0.4) is 0 Å². The Morgan fingerprint density at radius 3 is 2.53 bits per heavy atom. The van der Waals surface area contributed by atoms with E-state index >= 15 is 0 Å². The number of rotatable bonds is 1. The van der Waals surface area contributed by atoms with Gasteiger partial charge in [0.2, 0.25) is 5.71 Å². The lowest BCUT2D eigenvalue weighted by Crippen LogP contribution is -2.12. The Labute approximate surface area is 173 Å². The van der Waals surface area contributed by atoms with Gasteiger partial charge in [-0.3, -0.25) is 0 Å². The topological polar surface area (TPSA) is 52.1 Å². The van der Waals surface area contributed by atoms with Gasteiger partial charge in [0.1, 0.15) is 17.5 Å². The Hall–Kier alpha value is -3.66. The monoisotopic (exact) mass is 392 g/mol. The van der Waals surface area contributed by atoms with Gasteiger partial charge in [-0.1, -0.05) is 45.0 Å². The minimum Gasteiger partial charge on any atom is -0.464 e. The lowest BCUT2D eigenvalue weighted by molar-refractivity contribution is 0.596. The third kappa shape index (κ3) is 2.47. The molecule has 6 aromatic rings. The molecule has 0 saturated carbocycles. The van der Waals surface area contributed by atoms with Crippen LogP contribution in [0.1, 0.15) is 26.3 Å². The van der Waals surface area contributed by atoms with Crippen LogP contribution in [0.5, 0.6) is 0 Å². The van der Waals surface area contributed by atoms with E-state index in [-0.39, 0.29) is 5.41 Å². The molecule has 0 atom stereocenters. The number of nitrogens with zero attached hydrogens (tertiary/aromatic N) is 2. The second-order valence-corrected chi connectivity index (χ2v) is 8.81. The molecule has 0 radical (unpaired) electrons. The molecule has 0 aliphatic carbocycles. The van der Waals surface area contributed by atoms with E-state index < -0.39 is 0 Å². The molecule has 0 aliphatic heterocycles. The Bertz CT molecular complexity index is 1580. The number of benzene rings is 3. The Kier molecular flexibility index (Phi) is 3.40. The van der Waals surface area contributed by atoms with Gasteiger partial charge in [0, 0.05) is 16.3 Å². The van der Waals surface area contributed by atoms with Crippen LogP contribution >= 0.6 is 0 Å². The number of hydrogen-bond acceptors (Lipinski definition) is 4. The fourth-order valence-corrected chi connectivity index (χ4v) is 4.35. The minimum atomic E-state index is 0.000551. The molecule has 146 valence electrons. The van der Waals surface area contributed by atoms with Crippen LogP contribution in [-0.2, 0) is 5.41 Å². The van der Waals surface area contributed by atoms with Crippen LogP contribution in [-0.4, -0.2) is 9.97 Å². The van der Waals surface area contributed by atoms with Crippen LogP contribution in [0.4, 0.5) is 0 Å². The first-order valence-corrected chi connectivity index (χ1v) is 10.1. The predicted octanol–water partition coefficient (Wildman–Crippen LogP) is 7.24. The van der Waals surface area contributed by atoms with Gasteiger partial charge in [-0.15, -0.1) is 0 Å². The maximum atomic E-state index is 6.08. The van der Waals surface area contributed by atoms with Gasteiger partial charge in [-0.05, 0) is 52.1 Å². The summed E-state index contributed by atoms with van der Waals surface area (Å²) in [6.45, 7) is 6.74. The van der Waals surface area contributed by atoms with E-state index in [4.69, 9.17) is 13.8 Å². The highest BCUT2D eigenvalue weighted by Crippen LogP contribution is 2.39. The Balaban J connectivity index is 1.72. The van der Waals surface area contributed by atoms with Crippen molar-refractivity contribution < 1.29 is 8.83 Å². The van der Waals surface area contributed by atoms with Crippen molar-refractivity contribution in [2.45, 2.75) is 26.2 Å². The Morgan fingerprint density at radius 1 is 0.800 bits per heavy atom. The molecule has 6 rings (SSSR count). The van der Waals surface area contributed by atoms with Crippen molar-refractivity contribution in [1.82, 2.24) is 9.97 Å². The van der Waals surface area contributed by atoms with Crippen LogP contribution < -0.4 is 0 Å². The minimum absolute atomic E-state index is 0.000551. The fourth-order valence-electron chi connectivity index (χ4n) is 4.35. The summed E-state index contributed by atoms with van der Waals surface area (Å²) in [7, 11) is 0. The van der Waals surface area contributed by atoms with Crippen molar-refractivity contribution in [3.63, 3.8) is 0 Å². The molecule has 0 saturated heterocycles. The number of furan rings is 2. The molecular formula is C26H20N2O2. The van der Waals surface area contributed by atoms with Gasteiger partial charge in [0.15, 0.2) is 0 Å². The van der Waals surface area contributed by atoms with Gasteiger partial charge in [-0.25, -0.2) is 9.97 Å². The maximum Gasteiger partial charge on any atom is 0.230 e. The standard InChI is InChI=1S/C26H20N2O2/c1-26(2,3)20-11-17(10-15-6-4-5-7-18(15)20)24-23-19-13-21-16(8-9-29-21)12-22(19)30-25(23)28-14-27-24/h4-14H,1-3H3. The predicted molar refractivity (Wildman–Crippen MR) is 121 cm³/mol. The molecule has 4 heteroatoms. The lowest BCUT2D eigenvalue weighted by Gasteiger charge is -2.22.